The van der Waals surface area contributed by atoms with Crippen molar-refractivity contribution in [3.8, 4) is 11.5 Å². The van der Waals surface area contributed by atoms with Gasteiger partial charge in [0.05, 0.1) is 0 Å². The molecule has 0 bridgehead atoms. The summed E-state index contributed by atoms with van der Waals surface area (Å²) in [5, 5.41) is 17.7. The molecule has 3 rings (SSSR count). The van der Waals surface area contributed by atoms with E-state index in [0.717, 1.165) is 31.1 Å². The highest BCUT2D eigenvalue weighted by Gasteiger charge is 2.15. The Kier molecular flexibility index (Phi) is 7.22. The first-order valence-electron chi connectivity index (χ1n) is 8.34. The molecule has 0 spiro atoms. The Bertz CT molecular complexity index is 645. The number of hydrogen-bond donors (Lipinski definition) is 3. The molecule has 9 nitrogen and oxygen atoms in total. The summed E-state index contributed by atoms with van der Waals surface area (Å²) in [4.78, 5) is 32.5. The van der Waals surface area contributed by atoms with Crippen molar-refractivity contribution < 1.29 is 34.1 Å². The summed E-state index contributed by atoms with van der Waals surface area (Å²) in [6, 6.07) is 5.47. The number of likely N-dealkylation sites (tertiary alicyclic amines) is 1. The van der Waals surface area contributed by atoms with Crippen LogP contribution in [0.5, 0.6) is 11.5 Å². The van der Waals surface area contributed by atoms with Crippen LogP contribution in [0.25, 0.3) is 0 Å². The Hall–Kier alpha value is -2.81. The fourth-order valence-corrected chi connectivity index (χ4v) is 2.64. The molecule has 2 aliphatic heterocycles. The molecule has 1 aromatic carbocycles. The van der Waals surface area contributed by atoms with Crippen molar-refractivity contribution in [2.75, 3.05) is 31.7 Å². The number of carboxylic acids is 2. The minimum absolute atomic E-state index is 0.0504. The van der Waals surface area contributed by atoms with E-state index in [-0.39, 0.29) is 12.7 Å². The van der Waals surface area contributed by atoms with Crippen LogP contribution in [0.4, 0.5) is 5.69 Å². The molecule has 26 heavy (non-hydrogen) atoms. The molecular formula is C17H22N2O7. The van der Waals surface area contributed by atoms with Crippen molar-refractivity contribution in [2.24, 2.45) is 0 Å². The molecule has 0 saturated carbocycles. The first-order chi connectivity index (χ1) is 12.5. The number of anilines is 1. The Morgan fingerprint density at radius 3 is 2.31 bits per heavy atom. The lowest BCUT2D eigenvalue weighted by Gasteiger charge is -2.25. The lowest BCUT2D eigenvalue weighted by molar-refractivity contribution is -0.159. The maximum atomic E-state index is 11.9. The van der Waals surface area contributed by atoms with Crippen molar-refractivity contribution >= 4 is 23.5 Å². The minimum atomic E-state index is -1.82. The van der Waals surface area contributed by atoms with Crippen LogP contribution in [0.1, 0.15) is 25.7 Å². The maximum absolute atomic E-state index is 11.9. The molecule has 0 radical (unpaired) electrons. The summed E-state index contributed by atoms with van der Waals surface area (Å²) in [5.41, 5.74) is 0.762. The van der Waals surface area contributed by atoms with Gasteiger partial charge < -0.3 is 29.9 Å². The van der Waals surface area contributed by atoms with Crippen LogP contribution < -0.4 is 14.8 Å². The van der Waals surface area contributed by atoms with Crippen molar-refractivity contribution in [1.82, 2.24) is 4.90 Å². The van der Waals surface area contributed by atoms with E-state index in [0.29, 0.717) is 12.2 Å². The van der Waals surface area contributed by atoms with Crippen LogP contribution in [0.3, 0.4) is 0 Å². The second-order valence-electron chi connectivity index (χ2n) is 5.88. The van der Waals surface area contributed by atoms with Crippen LogP contribution in [0.2, 0.25) is 0 Å². The average Bonchev–Trinajstić information content (AvgIpc) is 3.09. The van der Waals surface area contributed by atoms with Gasteiger partial charge in [-0.05, 0) is 38.1 Å². The SMILES string of the molecule is O=C(CCN1CCCCC1)Nc1ccc2c(c1)OCO2.O=C(O)C(=O)O. The maximum Gasteiger partial charge on any atom is 0.414 e. The number of nitrogens with zero attached hydrogens (tertiary/aromatic N) is 1. The van der Waals surface area contributed by atoms with Crippen LogP contribution in [0, 0.1) is 0 Å². The number of carbonyl (C=O) groups excluding carboxylic acids is 1. The van der Waals surface area contributed by atoms with Gasteiger partial charge in [0.2, 0.25) is 12.7 Å². The van der Waals surface area contributed by atoms with Gasteiger partial charge >= 0.3 is 11.9 Å². The fraction of sp³-hybridized carbons (Fsp3) is 0.471. The van der Waals surface area contributed by atoms with E-state index in [1.807, 2.05) is 12.1 Å². The first kappa shape index (κ1) is 19.5. The molecule has 9 heteroatoms. The Balaban J connectivity index is 0.000000352. The summed E-state index contributed by atoms with van der Waals surface area (Å²) in [7, 11) is 0. The Morgan fingerprint density at radius 1 is 1.00 bits per heavy atom. The zero-order valence-corrected chi connectivity index (χ0v) is 14.3. The first-order valence-corrected chi connectivity index (χ1v) is 8.34. The van der Waals surface area contributed by atoms with E-state index in [2.05, 4.69) is 10.2 Å². The van der Waals surface area contributed by atoms with Crippen LogP contribution in [-0.4, -0.2) is 59.4 Å². The predicted molar refractivity (Wildman–Crippen MR) is 91.4 cm³/mol. The van der Waals surface area contributed by atoms with Gasteiger partial charge in [0.25, 0.3) is 0 Å². The smallest absolute Gasteiger partial charge is 0.414 e. The van der Waals surface area contributed by atoms with E-state index < -0.39 is 11.9 Å². The van der Waals surface area contributed by atoms with Crippen molar-refractivity contribution in [3.05, 3.63) is 18.2 Å². The van der Waals surface area contributed by atoms with E-state index >= 15 is 0 Å². The van der Waals surface area contributed by atoms with Gasteiger partial charge in [-0.2, -0.15) is 0 Å². The van der Waals surface area contributed by atoms with Gasteiger partial charge in [-0.15, -0.1) is 0 Å². The molecule has 1 saturated heterocycles. The standard InChI is InChI=1S/C15H20N2O3.C2H2O4/c18-15(6-9-17-7-2-1-3-8-17)16-12-4-5-13-14(10-12)20-11-19-13;3-1(4)2(5)6/h4-5,10H,1-3,6-9,11H2,(H,16,18);(H,3,4)(H,5,6). The summed E-state index contributed by atoms with van der Waals surface area (Å²) in [6.07, 6.45) is 4.36. The number of fused-ring (bicyclic) bond motifs is 1. The predicted octanol–water partition coefficient (Wildman–Crippen LogP) is 1.39. The second-order valence-corrected chi connectivity index (χ2v) is 5.88. The number of benzene rings is 1. The average molecular weight is 366 g/mol. The molecule has 2 heterocycles. The van der Waals surface area contributed by atoms with Gasteiger partial charge in [-0.25, -0.2) is 9.59 Å². The van der Waals surface area contributed by atoms with Crippen LogP contribution in [-0.2, 0) is 14.4 Å². The quantitative estimate of drug-likeness (QED) is 0.683. The number of piperidine rings is 1. The monoisotopic (exact) mass is 366 g/mol. The molecule has 1 fully saturated rings. The number of rotatable bonds is 4. The van der Waals surface area contributed by atoms with Gasteiger partial charge in [-0.1, -0.05) is 6.42 Å². The zero-order valence-electron chi connectivity index (χ0n) is 14.3. The number of hydrogen-bond acceptors (Lipinski definition) is 6. The van der Waals surface area contributed by atoms with Crippen molar-refractivity contribution in [2.45, 2.75) is 25.7 Å². The molecule has 0 atom stereocenters. The number of amides is 1. The van der Waals surface area contributed by atoms with Crippen LogP contribution >= 0.6 is 0 Å². The molecule has 1 amide bonds. The third-order valence-corrected chi connectivity index (χ3v) is 3.94. The van der Waals surface area contributed by atoms with Gasteiger partial charge in [0, 0.05) is 24.7 Å². The molecule has 0 unspecified atom stereocenters. The van der Waals surface area contributed by atoms with Gasteiger partial charge in [0.15, 0.2) is 11.5 Å². The fourth-order valence-electron chi connectivity index (χ4n) is 2.64. The largest absolute Gasteiger partial charge is 0.473 e. The second kappa shape index (κ2) is 9.62. The number of ether oxygens (including phenoxy) is 2. The summed E-state index contributed by atoms with van der Waals surface area (Å²) < 4.78 is 10.5. The highest BCUT2D eigenvalue weighted by Crippen LogP contribution is 2.34. The molecule has 3 N–H and O–H groups in total. The van der Waals surface area contributed by atoms with E-state index in [1.54, 1.807) is 6.07 Å². The number of nitrogens with one attached hydrogen (secondary N) is 1. The number of carboxylic acid groups (broad SMARTS) is 2. The zero-order chi connectivity index (χ0) is 18.9. The molecule has 0 aromatic heterocycles. The molecule has 0 aliphatic carbocycles. The molecule has 142 valence electrons. The Labute approximate surface area is 150 Å². The summed E-state index contributed by atoms with van der Waals surface area (Å²) in [6.45, 7) is 3.34. The summed E-state index contributed by atoms with van der Waals surface area (Å²) >= 11 is 0. The number of aliphatic carboxylic acids is 2. The van der Waals surface area contributed by atoms with Gasteiger partial charge in [-0.3, -0.25) is 4.79 Å². The van der Waals surface area contributed by atoms with Crippen molar-refractivity contribution in [1.29, 1.82) is 0 Å². The molecular weight excluding hydrogens is 344 g/mol. The minimum Gasteiger partial charge on any atom is -0.473 e. The lowest BCUT2D eigenvalue weighted by Crippen LogP contribution is -2.32. The highest BCUT2D eigenvalue weighted by molar-refractivity contribution is 6.27. The lowest BCUT2D eigenvalue weighted by atomic mass is 10.1. The van der Waals surface area contributed by atoms with E-state index in [4.69, 9.17) is 29.3 Å². The van der Waals surface area contributed by atoms with Gasteiger partial charge in [0.1, 0.15) is 0 Å². The topological polar surface area (TPSA) is 125 Å². The third kappa shape index (κ3) is 6.25. The van der Waals surface area contributed by atoms with E-state index in [9.17, 15) is 4.79 Å². The normalized spacial score (nSPS) is 15.5. The third-order valence-electron chi connectivity index (χ3n) is 3.94. The summed E-state index contributed by atoms with van der Waals surface area (Å²) in [5.74, 6) is -2.17. The Morgan fingerprint density at radius 2 is 1.65 bits per heavy atom. The molecule has 1 aromatic rings. The van der Waals surface area contributed by atoms with E-state index in [1.165, 1.54) is 19.3 Å². The highest BCUT2D eigenvalue weighted by atomic mass is 16.7. The number of carbonyl (C=O) groups is 3. The van der Waals surface area contributed by atoms with Crippen molar-refractivity contribution in [3.63, 3.8) is 0 Å². The van der Waals surface area contributed by atoms with Crippen LogP contribution in [0.15, 0.2) is 18.2 Å². The molecule has 2 aliphatic rings.